The van der Waals surface area contributed by atoms with Gasteiger partial charge in [-0.2, -0.15) is 0 Å². The lowest BCUT2D eigenvalue weighted by Crippen LogP contribution is -2.25. The molecule has 0 saturated carbocycles. The maximum Gasteiger partial charge on any atom is 0.251 e. The van der Waals surface area contributed by atoms with Crippen LogP contribution in [0.15, 0.2) is 72.9 Å². The van der Waals surface area contributed by atoms with E-state index in [0.717, 1.165) is 46.0 Å². The second-order valence-corrected chi connectivity index (χ2v) is 10.6. The molecule has 0 saturated heterocycles. The molecule has 0 spiro atoms. The lowest BCUT2D eigenvalue weighted by atomic mass is 9.74. The number of pyridine rings is 1. The zero-order valence-electron chi connectivity index (χ0n) is 21.9. The van der Waals surface area contributed by atoms with E-state index in [1.807, 2.05) is 61.7 Å². The molecule has 196 valence electrons. The predicted molar refractivity (Wildman–Crippen MR) is 157 cm³/mol. The fourth-order valence-electron chi connectivity index (χ4n) is 5.15. The number of ketones is 1. The van der Waals surface area contributed by atoms with Crippen molar-refractivity contribution in [2.75, 3.05) is 6.54 Å². The minimum Gasteiger partial charge on any atom is -0.352 e. The highest BCUT2D eigenvalue weighted by Crippen LogP contribution is 2.44. The number of rotatable bonds is 10. The van der Waals surface area contributed by atoms with Crippen molar-refractivity contribution in [1.82, 2.24) is 10.3 Å². The molecule has 0 unspecified atom stereocenters. The molecule has 4 nitrogen and oxygen atoms in total. The van der Waals surface area contributed by atoms with Gasteiger partial charge in [-0.05, 0) is 90.9 Å². The van der Waals surface area contributed by atoms with Crippen LogP contribution in [-0.2, 0) is 4.79 Å². The molecule has 0 radical (unpaired) electrons. The lowest BCUT2D eigenvalue weighted by molar-refractivity contribution is -0.116. The normalized spacial score (nSPS) is 12.8. The number of fused-ring (bicyclic) bond motifs is 1. The van der Waals surface area contributed by atoms with Gasteiger partial charge in [-0.1, -0.05) is 60.8 Å². The van der Waals surface area contributed by atoms with Crippen molar-refractivity contribution >= 4 is 45.8 Å². The molecule has 1 amide bonds. The third-order valence-corrected chi connectivity index (χ3v) is 7.43. The molecule has 0 bridgehead atoms. The van der Waals surface area contributed by atoms with Gasteiger partial charge in [-0.15, -0.1) is 0 Å². The number of Topliss-reactive ketones (excluding diaryl/α,β-unsaturated/α-hetero) is 1. The van der Waals surface area contributed by atoms with E-state index in [2.05, 4.69) is 35.4 Å². The molecular weight excluding hydrogens is 515 g/mol. The van der Waals surface area contributed by atoms with Gasteiger partial charge in [0.1, 0.15) is 5.78 Å². The Morgan fingerprint density at radius 2 is 1.61 bits per heavy atom. The first-order valence-corrected chi connectivity index (χ1v) is 13.7. The van der Waals surface area contributed by atoms with Crippen molar-refractivity contribution in [3.05, 3.63) is 111 Å². The maximum atomic E-state index is 12.6. The number of hydrogen-bond acceptors (Lipinski definition) is 3. The Morgan fingerprint density at radius 1 is 0.921 bits per heavy atom. The summed E-state index contributed by atoms with van der Waals surface area (Å²) >= 11 is 12.8. The van der Waals surface area contributed by atoms with E-state index in [0.29, 0.717) is 28.6 Å². The van der Waals surface area contributed by atoms with Gasteiger partial charge in [0.15, 0.2) is 0 Å². The van der Waals surface area contributed by atoms with Gasteiger partial charge < -0.3 is 5.32 Å². The molecule has 4 aromatic rings. The average Bonchev–Trinajstić information content (AvgIpc) is 2.89. The summed E-state index contributed by atoms with van der Waals surface area (Å²) in [5, 5.41) is 5.24. The molecule has 0 aliphatic rings. The molecule has 0 aliphatic carbocycles. The smallest absolute Gasteiger partial charge is 0.251 e. The highest BCUT2D eigenvalue weighted by atomic mass is 35.5. The maximum absolute atomic E-state index is 12.6. The summed E-state index contributed by atoms with van der Waals surface area (Å²) in [6, 6.07) is 21.9. The average molecular weight is 548 g/mol. The van der Waals surface area contributed by atoms with Gasteiger partial charge in [-0.25, -0.2) is 0 Å². The van der Waals surface area contributed by atoms with Gasteiger partial charge in [0.2, 0.25) is 0 Å². The summed E-state index contributed by atoms with van der Waals surface area (Å²) in [6.45, 7) is 6.08. The fraction of sp³-hybridized carbons (Fsp3) is 0.281. The van der Waals surface area contributed by atoms with E-state index in [1.54, 1.807) is 0 Å². The summed E-state index contributed by atoms with van der Waals surface area (Å²) in [5.41, 5.74) is 6.02. The summed E-state index contributed by atoms with van der Waals surface area (Å²) in [7, 11) is 0. The minimum atomic E-state index is -0.177. The molecule has 6 heteroatoms. The molecular formula is C32H32Cl2N2O2. The van der Waals surface area contributed by atoms with Gasteiger partial charge in [0.25, 0.3) is 5.91 Å². The highest BCUT2D eigenvalue weighted by molar-refractivity contribution is 6.31. The number of carbonyl (C=O) groups excluding carboxylic acids is 2. The van der Waals surface area contributed by atoms with E-state index >= 15 is 0 Å². The molecule has 1 N–H and O–H groups in total. The van der Waals surface area contributed by atoms with Crippen LogP contribution in [0.2, 0.25) is 10.0 Å². The Morgan fingerprint density at radius 3 is 2.26 bits per heavy atom. The lowest BCUT2D eigenvalue weighted by Gasteiger charge is -2.30. The number of nitrogens with zero attached hydrogens (tertiary/aromatic N) is 1. The van der Waals surface area contributed by atoms with Crippen LogP contribution in [0.25, 0.3) is 10.9 Å². The molecule has 2 atom stereocenters. The third kappa shape index (κ3) is 6.43. The van der Waals surface area contributed by atoms with Crippen molar-refractivity contribution in [2.24, 2.45) is 0 Å². The van der Waals surface area contributed by atoms with Crippen molar-refractivity contribution in [3.8, 4) is 0 Å². The number of halogens is 2. The van der Waals surface area contributed by atoms with Crippen LogP contribution >= 0.6 is 23.2 Å². The van der Waals surface area contributed by atoms with E-state index in [1.165, 1.54) is 6.92 Å². The topological polar surface area (TPSA) is 59.1 Å². The summed E-state index contributed by atoms with van der Waals surface area (Å²) < 4.78 is 0. The van der Waals surface area contributed by atoms with Gasteiger partial charge in [0, 0.05) is 46.1 Å². The molecule has 1 heterocycles. The third-order valence-electron chi connectivity index (χ3n) is 6.96. The monoisotopic (exact) mass is 546 g/mol. The van der Waals surface area contributed by atoms with Gasteiger partial charge in [-0.3, -0.25) is 14.6 Å². The van der Waals surface area contributed by atoms with E-state index in [4.69, 9.17) is 23.2 Å². The zero-order chi connectivity index (χ0) is 27.2. The highest BCUT2D eigenvalue weighted by Gasteiger charge is 2.28. The Hall–Kier alpha value is -3.21. The number of benzene rings is 3. The second-order valence-electron chi connectivity index (χ2n) is 9.77. The molecule has 38 heavy (non-hydrogen) atoms. The van der Waals surface area contributed by atoms with Crippen molar-refractivity contribution in [3.63, 3.8) is 0 Å². The van der Waals surface area contributed by atoms with Crippen LogP contribution in [0.5, 0.6) is 0 Å². The zero-order valence-corrected chi connectivity index (χ0v) is 23.4. The Balaban J connectivity index is 1.79. The predicted octanol–water partition coefficient (Wildman–Crippen LogP) is 8.27. The van der Waals surface area contributed by atoms with Crippen LogP contribution in [0, 0.1) is 6.92 Å². The van der Waals surface area contributed by atoms with Crippen LogP contribution in [-0.4, -0.2) is 23.2 Å². The SMILES string of the molecule is CCC[C@H](c1ccc(C(=O)NCCC(C)=O)cc1)[C@H](c1ccc(Cl)cc1)c1ccnc2c(C)cc(Cl)cc12. The van der Waals surface area contributed by atoms with Crippen LogP contribution in [0.4, 0.5) is 0 Å². The summed E-state index contributed by atoms with van der Waals surface area (Å²) in [5.74, 6) is 0.0347. The van der Waals surface area contributed by atoms with E-state index < -0.39 is 0 Å². The van der Waals surface area contributed by atoms with Crippen molar-refractivity contribution in [1.29, 1.82) is 0 Å². The van der Waals surface area contributed by atoms with Crippen LogP contribution in [0.3, 0.4) is 0 Å². The van der Waals surface area contributed by atoms with E-state index in [9.17, 15) is 9.59 Å². The second kappa shape index (κ2) is 12.6. The van der Waals surface area contributed by atoms with Crippen molar-refractivity contribution in [2.45, 2.75) is 51.9 Å². The molecule has 4 rings (SSSR count). The molecule has 0 aliphatic heterocycles. The summed E-state index contributed by atoms with van der Waals surface area (Å²) in [4.78, 5) is 28.5. The van der Waals surface area contributed by atoms with Crippen LogP contribution in [0.1, 0.15) is 77.6 Å². The standard InChI is InChI=1S/C32H32Cl2N2O2/c1-4-5-27(22-6-8-24(9-7-22)32(38)36-16-14-21(3)37)30(23-10-12-25(33)13-11-23)28-15-17-35-31-20(2)18-26(34)19-29(28)31/h6-13,15,17-19,27,30H,4-5,14,16H2,1-3H3,(H,36,38)/t27-,30+/m1/s1. The molecule has 1 aromatic heterocycles. The van der Waals surface area contributed by atoms with E-state index in [-0.39, 0.29) is 23.5 Å². The number of carbonyl (C=O) groups is 2. The number of nitrogens with one attached hydrogen (secondary N) is 1. The number of amides is 1. The van der Waals surface area contributed by atoms with Gasteiger partial charge in [0.05, 0.1) is 5.52 Å². The molecule has 3 aromatic carbocycles. The van der Waals surface area contributed by atoms with Gasteiger partial charge >= 0.3 is 0 Å². The first-order valence-electron chi connectivity index (χ1n) is 13.0. The Kier molecular flexibility index (Phi) is 9.19. The fourth-order valence-corrected chi connectivity index (χ4v) is 5.55. The first-order chi connectivity index (χ1) is 18.3. The quantitative estimate of drug-likeness (QED) is 0.217. The molecule has 0 fully saturated rings. The Labute approximate surface area is 234 Å². The van der Waals surface area contributed by atoms with Crippen LogP contribution < -0.4 is 5.32 Å². The first kappa shape index (κ1) is 27.8. The minimum absolute atomic E-state index is 0.0193. The number of aryl methyl sites for hydroxylation is 1. The number of aromatic nitrogens is 1. The number of hydrogen-bond donors (Lipinski definition) is 1. The Bertz CT molecular complexity index is 1430. The van der Waals surface area contributed by atoms with Crippen molar-refractivity contribution < 1.29 is 9.59 Å². The largest absolute Gasteiger partial charge is 0.352 e. The summed E-state index contributed by atoms with van der Waals surface area (Å²) in [6.07, 6.45) is 4.14.